The van der Waals surface area contributed by atoms with E-state index in [-0.39, 0.29) is 11.9 Å². The summed E-state index contributed by atoms with van der Waals surface area (Å²) in [5.74, 6) is 2.02. The molecule has 0 aromatic heterocycles. The molecule has 4 atom stereocenters. The highest BCUT2D eigenvalue weighted by atomic mass is 16.2. The van der Waals surface area contributed by atoms with Crippen LogP contribution in [-0.4, -0.2) is 54.5 Å². The molecule has 2 rings (SSSR count). The third-order valence-corrected chi connectivity index (χ3v) is 8.48. The van der Waals surface area contributed by atoms with Gasteiger partial charge in [-0.3, -0.25) is 4.79 Å². The number of amides is 1. The van der Waals surface area contributed by atoms with Crippen LogP contribution in [0.3, 0.4) is 0 Å². The Bertz CT molecular complexity index is 850. The Morgan fingerprint density at radius 3 is 2.24 bits per heavy atom. The quantitative estimate of drug-likeness (QED) is 0.173. The first-order valence-electron chi connectivity index (χ1n) is 17.4. The second-order valence-corrected chi connectivity index (χ2v) is 13.9. The zero-order chi connectivity index (χ0) is 31.5. The summed E-state index contributed by atoms with van der Waals surface area (Å²) < 4.78 is 0. The second-order valence-electron chi connectivity index (χ2n) is 13.9. The first-order chi connectivity index (χ1) is 20.0. The Hall–Kier alpha value is -1.65. The molecule has 0 aromatic rings. The standard InChI is InChI=1S/C35H61N3O.C3H8/c1-9-10-14-30(18-17-27(2)3)24-32(36-26-31-19-21-33(22-20-31)37(7)8)25-35(23-28(4)5)38(29(6)39)34-15-12-11-13-16-34;1-3-2/h10-12,14-15,19,27-28,30,32-33,35-36H,9,13,16-18,20-26H2,1-8H3;3H2,1-2H3. The Balaban J connectivity index is 0.00000281. The summed E-state index contributed by atoms with van der Waals surface area (Å²) in [4.78, 5) is 17.6. The second kappa shape index (κ2) is 21.9. The van der Waals surface area contributed by atoms with Gasteiger partial charge in [-0.1, -0.05) is 97.3 Å². The molecule has 1 amide bonds. The van der Waals surface area contributed by atoms with Crippen molar-refractivity contribution in [2.24, 2.45) is 17.8 Å². The zero-order valence-corrected chi connectivity index (χ0v) is 29.4. The van der Waals surface area contributed by atoms with Crippen LogP contribution in [0.4, 0.5) is 0 Å². The minimum absolute atomic E-state index is 0.188. The Labute approximate surface area is 262 Å². The van der Waals surface area contributed by atoms with Gasteiger partial charge in [0.15, 0.2) is 0 Å². The third-order valence-electron chi connectivity index (χ3n) is 8.48. The predicted molar refractivity (Wildman–Crippen MR) is 186 cm³/mol. The highest BCUT2D eigenvalue weighted by molar-refractivity contribution is 5.76. The van der Waals surface area contributed by atoms with Crippen LogP contribution in [0.5, 0.6) is 0 Å². The number of nitrogens with one attached hydrogen (secondary N) is 1. The molecule has 0 saturated heterocycles. The van der Waals surface area contributed by atoms with Crippen molar-refractivity contribution in [3.63, 3.8) is 0 Å². The monoisotopic (exact) mass is 584 g/mol. The Morgan fingerprint density at radius 2 is 1.74 bits per heavy atom. The number of allylic oxidation sites excluding steroid dienone is 6. The van der Waals surface area contributed by atoms with Gasteiger partial charge in [0, 0.05) is 37.3 Å². The maximum atomic E-state index is 13.1. The lowest BCUT2D eigenvalue weighted by atomic mass is 9.86. The molecule has 0 spiro atoms. The number of carbonyl (C=O) groups is 1. The highest BCUT2D eigenvalue weighted by Crippen LogP contribution is 2.29. The van der Waals surface area contributed by atoms with E-state index < -0.39 is 0 Å². The van der Waals surface area contributed by atoms with Crippen LogP contribution in [0, 0.1) is 17.8 Å². The number of hydrogen-bond donors (Lipinski definition) is 1. The smallest absolute Gasteiger partial charge is 0.223 e. The van der Waals surface area contributed by atoms with Gasteiger partial charge >= 0.3 is 0 Å². The van der Waals surface area contributed by atoms with E-state index in [9.17, 15) is 4.79 Å². The average Bonchev–Trinajstić information content (AvgIpc) is 2.93. The molecule has 0 radical (unpaired) electrons. The lowest BCUT2D eigenvalue weighted by Crippen LogP contribution is -2.45. The van der Waals surface area contributed by atoms with Crippen LogP contribution in [0.15, 0.2) is 47.7 Å². The molecule has 0 aromatic carbocycles. The normalized spacial score (nSPS) is 19.4. The van der Waals surface area contributed by atoms with Crippen molar-refractivity contribution in [2.45, 2.75) is 151 Å². The molecule has 2 aliphatic carbocycles. The van der Waals surface area contributed by atoms with Gasteiger partial charge in [0.2, 0.25) is 5.91 Å². The molecule has 2 aliphatic rings. The minimum Gasteiger partial charge on any atom is -0.313 e. The molecule has 0 fully saturated rings. The molecule has 0 bridgehead atoms. The lowest BCUT2D eigenvalue weighted by Gasteiger charge is -2.38. The predicted octanol–water partition coefficient (Wildman–Crippen LogP) is 9.70. The van der Waals surface area contributed by atoms with Crippen LogP contribution in [0.1, 0.15) is 132 Å². The van der Waals surface area contributed by atoms with Crippen LogP contribution in [0.2, 0.25) is 0 Å². The van der Waals surface area contributed by atoms with Crippen LogP contribution in [-0.2, 0) is 4.79 Å². The summed E-state index contributed by atoms with van der Waals surface area (Å²) in [5, 5.41) is 4.04. The molecule has 1 N–H and O–H groups in total. The SMILES string of the molecule is CCC.CCC=CC(CCC(C)C)CC(CC(CC(C)C)N(C(C)=O)C1=CC=CCC1)NCC1=CCC(N(C)C)CC1. The third kappa shape index (κ3) is 15.7. The van der Waals surface area contributed by atoms with Gasteiger partial charge in [-0.25, -0.2) is 0 Å². The lowest BCUT2D eigenvalue weighted by molar-refractivity contribution is -0.129. The summed E-state index contributed by atoms with van der Waals surface area (Å²) >= 11 is 0. The number of rotatable bonds is 17. The highest BCUT2D eigenvalue weighted by Gasteiger charge is 2.29. The number of nitrogens with zero attached hydrogens (tertiary/aromatic N) is 2. The molecular formula is C38H69N3O. The Kier molecular flexibility index (Phi) is 20.1. The van der Waals surface area contributed by atoms with Gasteiger partial charge in [-0.2, -0.15) is 0 Å². The van der Waals surface area contributed by atoms with Crippen LogP contribution < -0.4 is 5.32 Å². The maximum Gasteiger partial charge on any atom is 0.223 e. The van der Waals surface area contributed by atoms with E-state index in [2.05, 4.69) is 114 Å². The molecule has 0 aliphatic heterocycles. The molecule has 0 saturated carbocycles. The van der Waals surface area contributed by atoms with Gasteiger partial charge in [0.25, 0.3) is 0 Å². The fraction of sp³-hybridized carbons (Fsp3) is 0.763. The molecule has 0 heterocycles. The van der Waals surface area contributed by atoms with Crippen molar-refractivity contribution in [1.29, 1.82) is 0 Å². The van der Waals surface area contributed by atoms with Gasteiger partial charge in [-0.15, -0.1) is 0 Å². The van der Waals surface area contributed by atoms with Gasteiger partial charge < -0.3 is 15.1 Å². The van der Waals surface area contributed by atoms with Gasteiger partial charge in [0.1, 0.15) is 0 Å². The first-order valence-corrected chi connectivity index (χ1v) is 17.4. The average molecular weight is 584 g/mol. The summed E-state index contributed by atoms with van der Waals surface area (Å²) in [7, 11) is 4.40. The van der Waals surface area contributed by atoms with Crippen molar-refractivity contribution in [3.05, 3.63) is 47.7 Å². The van der Waals surface area contributed by atoms with Crippen molar-refractivity contribution in [3.8, 4) is 0 Å². The fourth-order valence-electron chi connectivity index (χ4n) is 6.24. The molecule has 42 heavy (non-hydrogen) atoms. The van der Waals surface area contributed by atoms with E-state index in [4.69, 9.17) is 0 Å². The van der Waals surface area contributed by atoms with Crippen molar-refractivity contribution in [1.82, 2.24) is 15.1 Å². The zero-order valence-electron chi connectivity index (χ0n) is 29.4. The first kappa shape index (κ1) is 38.4. The maximum absolute atomic E-state index is 13.1. The van der Waals surface area contributed by atoms with Crippen LogP contribution in [0.25, 0.3) is 0 Å². The van der Waals surface area contributed by atoms with E-state index in [1.165, 1.54) is 37.8 Å². The molecule has 4 nitrogen and oxygen atoms in total. The topological polar surface area (TPSA) is 35.6 Å². The summed E-state index contributed by atoms with van der Waals surface area (Å²) in [6.45, 7) is 18.5. The van der Waals surface area contributed by atoms with Crippen molar-refractivity contribution < 1.29 is 4.79 Å². The summed E-state index contributed by atoms with van der Waals surface area (Å²) in [6.07, 6.45) is 27.4. The molecule has 242 valence electrons. The molecule has 4 heteroatoms. The number of carbonyl (C=O) groups excluding carboxylic acids is 1. The van der Waals surface area contributed by atoms with Gasteiger partial charge in [0.05, 0.1) is 0 Å². The van der Waals surface area contributed by atoms with E-state index in [1.807, 2.05) is 0 Å². The fourth-order valence-corrected chi connectivity index (χ4v) is 6.24. The van der Waals surface area contributed by atoms with Crippen LogP contribution >= 0.6 is 0 Å². The largest absolute Gasteiger partial charge is 0.313 e. The molecule has 4 unspecified atom stereocenters. The van der Waals surface area contributed by atoms with E-state index in [1.54, 1.807) is 12.5 Å². The van der Waals surface area contributed by atoms with E-state index >= 15 is 0 Å². The van der Waals surface area contributed by atoms with E-state index in [0.29, 0.717) is 23.9 Å². The van der Waals surface area contributed by atoms with Crippen molar-refractivity contribution in [2.75, 3.05) is 20.6 Å². The number of hydrogen-bond acceptors (Lipinski definition) is 3. The van der Waals surface area contributed by atoms with Crippen molar-refractivity contribution >= 4 is 5.91 Å². The van der Waals surface area contributed by atoms with Gasteiger partial charge in [-0.05, 0) is 102 Å². The van der Waals surface area contributed by atoms with E-state index in [0.717, 1.165) is 57.4 Å². The molecular weight excluding hydrogens is 514 g/mol. The summed E-state index contributed by atoms with van der Waals surface area (Å²) in [6, 6.07) is 1.26. The Morgan fingerprint density at radius 1 is 1.02 bits per heavy atom. The summed E-state index contributed by atoms with van der Waals surface area (Å²) in [5.41, 5.74) is 2.76. The minimum atomic E-state index is 0.188.